The first kappa shape index (κ1) is 13.2. The number of oxime groups is 1. The highest BCUT2D eigenvalue weighted by atomic mass is 16.4. The molecule has 2 unspecified atom stereocenters. The van der Waals surface area contributed by atoms with Crippen LogP contribution in [0.15, 0.2) is 29.4 Å². The molecule has 0 aromatic heterocycles. The third-order valence-electron chi connectivity index (χ3n) is 4.78. The quantitative estimate of drug-likeness (QED) is 0.371. The Morgan fingerprint density at radius 3 is 2.80 bits per heavy atom. The smallest absolute Gasteiger partial charge is 0.172 e. The number of benzene rings is 1. The Morgan fingerprint density at radius 2 is 2.00 bits per heavy atom. The molecule has 2 bridgehead atoms. The fraction of sp³-hybridized carbons (Fsp3) is 0.533. The van der Waals surface area contributed by atoms with Crippen molar-refractivity contribution in [1.82, 2.24) is 4.90 Å². The maximum absolute atomic E-state index is 8.95. The zero-order chi connectivity index (χ0) is 14.1. The van der Waals surface area contributed by atoms with Crippen molar-refractivity contribution in [2.45, 2.75) is 31.3 Å². The van der Waals surface area contributed by atoms with E-state index in [-0.39, 0.29) is 5.84 Å². The Balaban J connectivity index is 1.90. The van der Waals surface area contributed by atoms with Gasteiger partial charge in [-0.2, -0.15) is 0 Å². The van der Waals surface area contributed by atoms with E-state index in [4.69, 9.17) is 10.9 Å². The third kappa shape index (κ3) is 2.22. The molecule has 108 valence electrons. The summed E-state index contributed by atoms with van der Waals surface area (Å²) >= 11 is 0. The molecule has 2 atom stereocenters. The van der Waals surface area contributed by atoms with Gasteiger partial charge in [-0.1, -0.05) is 17.3 Å². The molecule has 0 radical (unpaired) electrons. The normalized spacial score (nSPS) is 27.6. The van der Waals surface area contributed by atoms with E-state index in [2.05, 4.69) is 28.1 Å². The number of amidine groups is 1. The molecule has 0 aliphatic carbocycles. The highest BCUT2D eigenvalue weighted by molar-refractivity contribution is 6.02. The van der Waals surface area contributed by atoms with Gasteiger partial charge in [0, 0.05) is 36.4 Å². The number of hydrogen-bond donors (Lipinski definition) is 2. The fourth-order valence-electron chi connectivity index (χ4n) is 3.55. The summed E-state index contributed by atoms with van der Waals surface area (Å²) in [6.07, 6.45) is 3.76. The second kappa shape index (κ2) is 5.32. The summed E-state index contributed by atoms with van der Waals surface area (Å²) in [5, 5.41) is 12.1. The second-order valence-corrected chi connectivity index (χ2v) is 5.79. The van der Waals surface area contributed by atoms with Crippen LogP contribution in [0.1, 0.15) is 24.8 Å². The predicted molar refractivity (Wildman–Crippen MR) is 80.4 cm³/mol. The summed E-state index contributed by atoms with van der Waals surface area (Å²) in [7, 11) is 2.24. The van der Waals surface area contributed by atoms with E-state index in [1.54, 1.807) is 0 Å². The molecule has 5 heteroatoms. The van der Waals surface area contributed by atoms with Crippen LogP contribution in [0.25, 0.3) is 0 Å². The van der Waals surface area contributed by atoms with E-state index in [0.29, 0.717) is 12.1 Å². The van der Waals surface area contributed by atoms with E-state index < -0.39 is 0 Å². The van der Waals surface area contributed by atoms with Crippen molar-refractivity contribution in [3.05, 3.63) is 29.8 Å². The number of anilines is 1. The number of rotatable bonds is 2. The Hall–Kier alpha value is -1.75. The van der Waals surface area contributed by atoms with Crippen molar-refractivity contribution >= 4 is 11.5 Å². The number of nitrogens with zero attached hydrogens (tertiary/aromatic N) is 3. The van der Waals surface area contributed by atoms with Crippen molar-refractivity contribution in [3.8, 4) is 0 Å². The predicted octanol–water partition coefficient (Wildman–Crippen LogP) is 1.45. The van der Waals surface area contributed by atoms with Crippen LogP contribution in [0.2, 0.25) is 0 Å². The van der Waals surface area contributed by atoms with Crippen LogP contribution in [0, 0.1) is 0 Å². The van der Waals surface area contributed by atoms with Gasteiger partial charge in [-0.05, 0) is 38.4 Å². The minimum Gasteiger partial charge on any atom is -0.409 e. The first-order valence-corrected chi connectivity index (χ1v) is 7.24. The van der Waals surface area contributed by atoms with Gasteiger partial charge < -0.3 is 15.8 Å². The first-order chi connectivity index (χ1) is 9.70. The minimum atomic E-state index is 0.184. The Kier molecular flexibility index (Phi) is 3.53. The number of likely N-dealkylation sites (N-methyl/N-ethyl adjacent to an activating group) is 1. The molecule has 0 spiro atoms. The summed E-state index contributed by atoms with van der Waals surface area (Å²) in [4.78, 5) is 4.90. The maximum Gasteiger partial charge on any atom is 0.172 e. The highest BCUT2D eigenvalue weighted by Crippen LogP contribution is 2.31. The van der Waals surface area contributed by atoms with E-state index in [1.807, 2.05) is 18.2 Å². The largest absolute Gasteiger partial charge is 0.409 e. The van der Waals surface area contributed by atoms with Gasteiger partial charge in [0.2, 0.25) is 0 Å². The van der Waals surface area contributed by atoms with Crippen molar-refractivity contribution in [2.75, 3.05) is 25.0 Å². The van der Waals surface area contributed by atoms with Crippen LogP contribution in [0.3, 0.4) is 0 Å². The van der Waals surface area contributed by atoms with Gasteiger partial charge in [0.05, 0.1) is 0 Å². The fourth-order valence-corrected chi connectivity index (χ4v) is 3.55. The number of fused-ring (bicyclic) bond motifs is 2. The summed E-state index contributed by atoms with van der Waals surface area (Å²) < 4.78 is 0. The zero-order valence-electron chi connectivity index (χ0n) is 11.9. The van der Waals surface area contributed by atoms with E-state index in [0.717, 1.165) is 24.3 Å². The summed E-state index contributed by atoms with van der Waals surface area (Å²) in [6.45, 7) is 2.05. The topological polar surface area (TPSA) is 65.1 Å². The first-order valence-electron chi connectivity index (χ1n) is 7.24. The molecule has 0 saturated carbocycles. The lowest BCUT2D eigenvalue weighted by Crippen LogP contribution is -2.37. The van der Waals surface area contributed by atoms with Gasteiger partial charge >= 0.3 is 0 Å². The molecule has 2 aliphatic heterocycles. The lowest BCUT2D eigenvalue weighted by molar-refractivity contribution is 0.254. The van der Waals surface area contributed by atoms with Crippen molar-refractivity contribution in [3.63, 3.8) is 0 Å². The van der Waals surface area contributed by atoms with E-state index in [9.17, 15) is 0 Å². The van der Waals surface area contributed by atoms with Gasteiger partial charge in [-0.25, -0.2) is 0 Å². The maximum atomic E-state index is 8.95. The lowest BCUT2D eigenvalue weighted by Gasteiger charge is -2.29. The van der Waals surface area contributed by atoms with Gasteiger partial charge in [0.15, 0.2) is 5.84 Å². The summed E-state index contributed by atoms with van der Waals surface area (Å²) in [6, 6.07) is 9.23. The van der Waals surface area contributed by atoms with Crippen LogP contribution < -0.4 is 10.6 Å². The van der Waals surface area contributed by atoms with Gasteiger partial charge in [0.25, 0.3) is 0 Å². The van der Waals surface area contributed by atoms with Gasteiger partial charge in [0.1, 0.15) is 0 Å². The molecule has 3 rings (SSSR count). The van der Waals surface area contributed by atoms with Gasteiger partial charge in [-0.3, -0.25) is 4.90 Å². The molecule has 5 nitrogen and oxygen atoms in total. The van der Waals surface area contributed by atoms with Crippen LogP contribution in [0.4, 0.5) is 5.69 Å². The molecule has 1 aromatic rings. The average molecular weight is 274 g/mol. The SMILES string of the molecule is CN1C2CCC1CN(c1ccccc1C(N)=NO)CC2. The van der Waals surface area contributed by atoms with Crippen LogP contribution >= 0.6 is 0 Å². The highest BCUT2D eigenvalue weighted by Gasteiger charge is 2.35. The lowest BCUT2D eigenvalue weighted by atomic mass is 10.1. The molecule has 2 aliphatic rings. The summed E-state index contributed by atoms with van der Waals surface area (Å²) in [5.74, 6) is 0.184. The minimum absolute atomic E-state index is 0.184. The van der Waals surface area contributed by atoms with Crippen molar-refractivity contribution < 1.29 is 5.21 Å². The molecular formula is C15H22N4O. The summed E-state index contributed by atoms with van der Waals surface area (Å²) in [5.41, 5.74) is 7.70. The number of hydrogen-bond acceptors (Lipinski definition) is 4. The van der Waals surface area contributed by atoms with Crippen molar-refractivity contribution in [1.29, 1.82) is 0 Å². The molecule has 20 heavy (non-hydrogen) atoms. The van der Waals surface area contributed by atoms with Gasteiger partial charge in [-0.15, -0.1) is 0 Å². The molecular weight excluding hydrogens is 252 g/mol. The molecule has 1 aromatic carbocycles. The average Bonchev–Trinajstić information content (AvgIpc) is 2.71. The molecule has 0 amide bonds. The monoisotopic (exact) mass is 274 g/mol. The Labute approximate surface area is 119 Å². The second-order valence-electron chi connectivity index (χ2n) is 5.79. The Morgan fingerprint density at radius 1 is 1.25 bits per heavy atom. The third-order valence-corrected chi connectivity index (χ3v) is 4.78. The van der Waals surface area contributed by atoms with E-state index >= 15 is 0 Å². The van der Waals surface area contributed by atoms with Crippen LogP contribution in [-0.2, 0) is 0 Å². The van der Waals surface area contributed by atoms with Crippen LogP contribution in [0.5, 0.6) is 0 Å². The molecule has 2 fully saturated rings. The van der Waals surface area contributed by atoms with Crippen molar-refractivity contribution in [2.24, 2.45) is 10.9 Å². The number of para-hydroxylation sites is 1. The molecule has 2 saturated heterocycles. The molecule has 2 heterocycles. The van der Waals surface area contributed by atoms with Crippen LogP contribution in [-0.4, -0.2) is 48.2 Å². The zero-order valence-corrected chi connectivity index (χ0v) is 11.9. The molecule has 3 N–H and O–H groups in total. The number of nitrogens with two attached hydrogens (primary N) is 1. The van der Waals surface area contributed by atoms with E-state index in [1.165, 1.54) is 19.3 Å². The Bertz CT molecular complexity index is 516. The standard InChI is InChI=1S/C15H22N4O/c1-18-11-6-7-12(18)10-19(9-8-11)14-5-3-2-4-13(14)15(16)17-20/h2-5,11-12,20H,6-10H2,1H3,(H2,16,17).